The second kappa shape index (κ2) is 4.42. The summed E-state index contributed by atoms with van der Waals surface area (Å²) in [5.41, 5.74) is 1.32. The van der Waals surface area contributed by atoms with Crippen LogP contribution in [-0.4, -0.2) is 17.3 Å². The zero-order valence-corrected chi connectivity index (χ0v) is 8.71. The van der Waals surface area contributed by atoms with Crippen LogP contribution in [0.3, 0.4) is 0 Å². The fourth-order valence-corrected chi connectivity index (χ4v) is 1.13. The Morgan fingerprint density at radius 3 is 2.57 bits per heavy atom. The minimum atomic E-state index is -0.460. The summed E-state index contributed by atoms with van der Waals surface area (Å²) in [5, 5.41) is 12.3. The summed E-state index contributed by atoms with van der Waals surface area (Å²) in [6.07, 6.45) is -0.460. The van der Waals surface area contributed by atoms with Crippen molar-refractivity contribution in [1.29, 1.82) is 0 Å². The van der Waals surface area contributed by atoms with E-state index in [1.165, 1.54) is 6.07 Å². The van der Waals surface area contributed by atoms with Crippen LogP contribution in [0, 0.1) is 12.7 Å². The zero-order chi connectivity index (χ0) is 10.7. The van der Waals surface area contributed by atoms with Crippen LogP contribution in [0.4, 0.5) is 10.1 Å². The number of halogens is 1. The molecule has 1 aromatic carbocycles. The number of aliphatic hydroxyl groups is 1. The van der Waals surface area contributed by atoms with Gasteiger partial charge in [0.1, 0.15) is 5.82 Å². The second-order valence-corrected chi connectivity index (χ2v) is 3.59. The molecular formula is C11H16FNO. The quantitative estimate of drug-likeness (QED) is 0.779. The molecule has 0 bridgehead atoms. The van der Waals surface area contributed by atoms with Gasteiger partial charge in [0, 0.05) is 17.3 Å². The molecule has 2 unspecified atom stereocenters. The van der Waals surface area contributed by atoms with E-state index < -0.39 is 6.10 Å². The molecule has 2 atom stereocenters. The highest BCUT2D eigenvalue weighted by atomic mass is 19.1. The number of rotatable bonds is 3. The normalized spacial score (nSPS) is 14.9. The maximum absolute atomic E-state index is 13.1. The van der Waals surface area contributed by atoms with Crippen molar-refractivity contribution in [1.82, 2.24) is 0 Å². The minimum absolute atomic E-state index is 0.0875. The molecule has 0 saturated heterocycles. The maximum atomic E-state index is 13.1. The number of hydrogen-bond donors (Lipinski definition) is 2. The van der Waals surface area contributed by atoms with Crippen LogP contribution < -0.4 is 5.32 Å². The third-order valence-electron chi connectivity index (χ3n) is 2.37. The first kappa shape index (κ1) is 11.0. The van der Waals surface area contributed by atoms with E-state index in [0.29, 0.717) is 5.56 Å². The van der Waals surface area contributed by atoms with Crippen molar-refractivity contribution in [3.05, 3.63) is 29.6 Å². The predicted molar refractivity (Wildman–Crippen MR) is 55.9 cm³/mol. The van der Waals surface area contributed by atoms with E-state index in [0.717, 1.165) is 5.69 Å². The molecule has 0 aliphatic rings. The van der Waals surface area contributed by atoms with Gasteiger partial charge < -0.3 is 10.4 Å². The third kappa shape index (κ3) is 2.45. The molecule has 0 radical (unpaired) electrons. The monoisotopic (exact) mass is 197 g/mol. The number of hydrogen-bond acceptors (Lipinski definition) is 2. The fraction of sp³-hybridized carbons (Fsp3) is 0.455. The summed E-state index contributed by atoms with van der Waals surface area (Å²) in [6.45, 7) is 5.27. The van der Waals surface area contributed by atoms with Crippen molar-refractivity contribution in [2.45, 2.75) is 32.9 Å². The van der Waals surface area contributed by atoms with Gasteiger partial charge in [0.25, 0.3) is 0 Å². The summed E-state index contributed by atoms with van der Waals surface area (Å²) in [4.78, 5) is 0. The number of anilines is 1. The SMILES string of the molecule is Cc1c(F)cccc1NC(C)C(C)O. The van der Waals surface area contributed by atoms with E-state index in [4.69, 9.17) is 0 Å². The lowest BCUT2D eigenvalue weighted by molar-refractivity contribution is 0.178. The van der Waals surface area contributed by atoms with E-state index >= 15 is 0 Å². The van der Waals surface area contributed by atoms with Gasteiger partial charge in [-0.05, 0) is 32.9 Å². The molecule has 2 N–H and O–H groups in total. The largest absolute Gasteiger partial charge is 0.391 e. The summed E-state index contributed by atoms with van der Waals surface area (Å²) in [7, 11) is 0. The van der Waals surface area contributed by atoms with Gasteiger partial charge in [-0.1, -0.05) is 6.07 Å². The molecule has 1 rings (SSSR count). The Balaban J connectivity index is 2.82. The average molecular weight is 197 g/mol. The molecule has 0 fully saturated rings. The Morgan fingerprint density at radius 1 is 1.36 bits per heavy atom. The van der Waals surface area contributed by atoms with Gasteiger partial charge in [0.05, 0.1) is 6.10 Å². The molecule has 14 heavy (non-hydrogen) atoms. The molecule has 3 heteroatoms. The average Bonchev–Trinajstić information content (AvgIpc) is 2.12. The van der Waals surface area contributed by atoms with Crippen molar-refractivity contribution in [2.24, 2.45) is 0 Å². The Kier molecular flexibility index (Phi) is 3.47. The lowest BCUT2D eigenvalue weighted by atomic mass is 10.1. The first-order valence-electron chi connectivity index (χ1n) is 4.72. The molecular weight excluding hydrogens is 181 g/mol. The molecule has 0 saturated carbocycles. The number of aliphatic hydroxyl groups excluding tert-OH is 1. The van der Waals surface area contributed by atoms with Gasteiger partial charge in [0.15, 0.2) is 0 Å². The van der Waals surface area contributed by atoms with E-state index in [2.05, 4.69) is 5.32 Å². The van der Waals surface area contributed by atoms with Crippen LogP contribution in [-0.2, 0) is 0 Å². The Bertz CT molecular complexity index is 312. The molecule has 0 heterocycles. The summed E-state index contributed by atoms with van der Waals surface area (Å²) >= 11 is 0. The molecule has 0 aromatic heterocycles. The van der Waals surface area contributed by atoms with Gasteiger partial charge in [-0.25, -0.2) is 4.39 Å². The van der Waals surface area contributed by atoms with Crippen LogP contribution in [0.1, 0.15) is 19.4 Å². The van der Waals surface area contributed by atoms with Gasteiger partial charge in [-0.15, -0.1) is 0 Å². The molecule has 0 amide bonds. The first-order valence-corrected chi connectivity index (χ1v) is 4.72. The van der Waals surface area contributed by atoms with Crippen LogP contribution in [0.25, 0.3) is 0 Å². The van der Waals surface area contributed by atoms with Crippen LogP contribution in [0.2, 0.25) is 0 Å². The Hall–Kier alpha value is -1.09. The van der Waals surface area contributed by atoms with Crippen LogP contribution in [0.15, 0.2) is 18.2 Å². The Morgan fingerprint density at radius 2 is 2.00 bits per heavy atom. The lowest BCUT2D eigenvalue weighted by Crippen LogP contribution is -2.28. The van der Waals surface area contributed by atoms with E-state index in [1.807, 2.05) is 6.92 Å². The van der Waals surface area contributed by atoms with E-state index in [-0.39, 0.29) is 11.9 Å². The predicted octanol–water partition coefficient (Wildman–Crippen LogP) is 2.32. The first-order chi connectivity index (χ1) is 6.52. The molecule has 78 valence electrons. The smallest absolute Gasteiger partial charge is 0.128 e. The Labute approximate surface area is 83.8 Å². The van der Waals surface area contributed by atoms with E-state index in [9.17, 15) is 9.50 Å². The van der Waals surface area contributed by atoms with Gasteiger partial charge in [-0.3, -0.25) is 0 Å². The topological polar surface area (TPSA) is 32.3 Å². The highest BCUT2D eigenvalue weighted by Crippen LogP contribution is 2.18. The van der Waals surface area contributed by atoms with Crippen LogP contribution in [0.5, 0.6) is 0 Å². The molecule has 0 spiro atoms. The maximum Gasteiger partial charge on any atom is 0.128 e. The fourth-order valence-electron chi connectivity index (χ4n) is 1.13. The van der Waals surface area contributed by atoms with Gasteiger partial charge in [0.2, 0.25) is 0 Å². The summed E-state index contributed by atoms with van der Waals surface area (Å²) in [6, 6.07) is 4.79. The molecule has 0 aliphatic heterocycles. The summed E-state index contributed by atoms with van der Waals surface area (Å²) in [5.74, 6) is -0.229. The zero-order valence-electron chi connectivity index (χ0n) is 8.71. The molecule has 0 aliphatic carbocycles. The molecule has 1 aromatic rings. The standard InChI is InChI=1S/C11H16FNO/c1-7-10(12)5-4-6-11(7)13-8(2)9(3)14/h4-6,8-9,13-14H,1-3H3. The minimum Gasteiger partial charge on any atom is -0.391 e. The highest BCUT2D eigenvalue weighted by Gasteiger charge is 2.10. The van der Waals surface area contributed by atoms with Gasteiger partial charge in [-0.2, -0.15) is 0 Å². The van der Waals surface area contributed by atoms with Gasteiger partial charge >= 0.3 is 0 Å². The second-order valence-electron chi connectivity index (χ2n) is 3.59. The van der Waals surface area contributed by atoms with Crippen LogP contribution >= 0.6 is 0 Å². The molecule has 2 nitrogen and oxygen atoms in total. The van der Waals surface area contributed by atoms with Crippen molar-refractivity contribution < 1.29 is 9.50 Å². The number of benzene rings is 1. The third-order valence-corrected chi connectivity index (χ3v) is 2.37. The van der Waals surface area contributed by atoms with Crippen molar-refractivity contribution in [3.63, 3.8) is 0 Å². The van der Waals surface area contributed by atoms with Crippen molar-refractivity contribution >= 4 is 5.69 Å². The summed E-state index contributed by atoms with van der Waals surface area (Å²) < 4.78 is 13.1. The highest BCUT2D eigenvalue weighted by molar-refractivity contribution is 5.51. The lowest BCUT2D eigenvalue weighted by Gasteiger charge is -2.19. The number of nitrogens with one attached hydrogen (secondary N) is 1. The van der Waals surface area contributed by atoms with E-state index in [1.54, 1.807) is 26.0 Å². The van der Waals surface area contributed by atoms with Crippen molar-refractivity contribution in [3.8, 4) is 0 Å². The van der Waals surface area contributed by atoms with Crippen molar-refractivity contribution in [2.75, 3.05) is 5.32 Å².